The molecule has 0 aromatic rings. The Balaban J connectivity index is 2.24. The highest BCUT2D eigenvalue weighted by Crippen LogP contribution is 2.20. The van der Waals surface area contributed by atoms with Crippen LogP contribution in [-0.2, 0) is 4.79 Å². The maximum Gasteiger partial charge on any atom is 0.317 e. The molecule has 1 saturated heterocycles. The van der Waals surface area contributed by atoms with E-state index < -0.39 is 5.97 Å². The maximum atomic E-state index is 10.5. The predicted molar refractivity (Wildman–Crippen MR) is 64.6 cm³/mol. The molecule has 0 spiro atoms. The van der Waals surface area contributed by atoms with E-state index in [2.05, 4.69) is 24.1 Å². The van der Waals surface area contributed by atoms with E-state index in [1.54, 1.807) is 0 Å². The van der Waals surface area contributed by atoms with Crippen molar-refractivity contribution in [3.05, 3.63) is 0 Å². The minimum absolute atomic E-state index is 0.00932. The summed E-state index contributed by atoms with van der Waals surface area (Å²) in [5.74, 6) is -0.773. The summed E-state index contributed by atoms with van der Waals surface area (Å²) in [6.45, 7) is 7.62. The van der Waals surface area contributed by atoms with Gasteiger partial charge in [-0.25, -0.2) is 0 Å². The van der Waals surface area contributed by atoms with Crippen molar-refractivity contribution in [3.8, 4) is 0 Å². The lowest BCUT2D eigenvalue weighted by Gasteiger charge is -2.25. The van der Waals surface area contributed by atoms with Crippen LogP contribution in [0, 0.1) is 0 Å². The van der Waals surface area contributed by atoms with E-state index in [1.807, 2.05) is 0 Å². The highest BCUT2D eigenvalue weighted by molar-refractivity contribution is 5.69. The van der Waals surface area contributed by atoms with Gasteiger partial charge in [0.1, 0.15) is 0 Å². The summed E-state index contributed by atoms with van der Waals surface area (Å²) in [7, 11) is 0. The molecule has 0 aromatic heterocycles. The second-order valence-corrected chi connectivity index (χ2v) is 5.04. The van der Waals surface area contributed by atoms with E-state index in [0.29, 0.717) is 0 Å². The molecule has 0 radical (unpaired) electrons. The van der Waals surface area contributed by atoms with Gasteiger partial charge in [-0.15, -0.1) is 0 Å². The first-order valence-electron chi connectivity index (χ1n) is 6.25. The summed E-state index contributed by atoms with van der Waals surface area (Å²) in [5, 5.41) is 11.8. The maximum absolute atomic E-state index is 10.5. The van der Waals surface area contributed by atoms with Crippen LogP contribution in [0.1, 0.15) is 39.5 Å². The van der Waals surface area contributed by atoms with E-state index in [0.717, 1.165) is 26.1 Å². The minimum atomic E-state index is -0.773. The molecule has 4 nitrogen and oxygen atoms in total. The summed E-state index contributed by atoms with van der Waals surface area (Å²) in [5.41, 5.74) is -0.00932. The highest BCUT2D eigenvalue weighted by atomic mass is 16.4. The van der Waals surface area contributed by atoms with Crippen LogP contribution in [0.3, 0.4) is 0 Å². The van der Waals surface area contributed by atoms with Crippen molar-refractivity contribution in [2.75, 3.05) is 26.2 Å². The van der Waals surface area contributed by atoms with E-state index in [9.17, 15) is 4.79 Å². The number of rotatable bonds is 7. The molecule has 94 valence electrons. The Hall–Kier alpha value is -0.610. The molecular weight excluding hydrogens is 204 g/mol. The Morgan fingerprint density at radius 3 is 2.88 bits per heavy atom. The average molecular weight is 228 g/mol. The Morgan fingerprint density at radius 1 is 1.50 bits per heavy atom. The molecule has 2 N–H and O–H groups in total. The third-order valence-corrected chi connectivity index (χ3v) is 3.30. The lowest BCUT2D eigenvalue weighted by molar-refractivity contribution is -0.136. The van der Waals surface area contributed by atoms with E-state index in [4.69, 9.17) is 5.11 Å². The molecule has 1 atom stereocenters. The van der Waals surface area contributed by atoms with Crippen LogP contribution < -0.4 is 5.32 Å². The van der Waals surface area contributed by atoms with Crippen LogP contribution >= 0.6 is 0 Å². The predicted octanol–water partition coefficient (Wildman–Crippen LogP) is 1.32. The van der Waals surface area contributed by atoms with Gasteiger partial charge in [0.25, 0.3) is 0 Å². The van der Waals surface area contributed by atoms with Gasteiger partial charge in [0, 0.05) is 18.6 Å². The minimum Gasteiger partial charge on any atom is -0.480 e. The Kier molecular flexibility index (Phi) is 5.22. The van der Waals surface area contributed by atoms with Crippen LogP contribution in [0.5, 0.6) is 0 Å². The van der Waals surface area contributed by atoms with Crippen LogP contribution in [0.15, 0.2) is 0 Å². The third-order valence-electron chi connectivity index (χ3n) is 3.30. The molecule has 1 aliphatic heterocycles. The largest absolute Gasteiger partial charge is 0.480 e. The normalized spacial score (nSPS) is 26.1. The zero-order valence-corrected chi connectivity index (χ0v) is 10.5. The topological polar surface area (TPSA) is 52.6 Å². The molecular formula is C12H24N2O2. The van der Waals surface area contributed by atoms with Gasteiger partial charge in [-0.3, -0.25) is 4.79 Å². The van der Waals surface area contributed by atoms with Gasteiger partial charge in [0.15, 0.2) is 0 Å². The molecule has 1 fully saturated rings. The number of hydrogen-bond acceptors (Lipinski definition) is 3. The van der Waals surface area contributed by atoms with Gasteiger partial charge < -0.3 is 15.3 Å². The quantitative estimate of drug-likeness (QED) is 0.645. The average Bonchev–Trinajstić information content (AvgIpc) is 2.59. The summed E-state index contributed by atoms with van der Waals surface area (Å²) in [4.78, 5) is 12.9. The van der Waals surface area contributed by atoms with Gasteiger partial charge in [0.2, 0.25) is 0 Å². The number of carboxylic acid groups (broad SMARTS) is 1. The van der Waals surface area contributed by atoms with Gasteiger partial charge in [-0.1, -0.05) is 19.8 Å². The molecule has 1 rings (SSSR count). The number of nitrogens with one attached hydrogen (secondary N) is 1. The lowest BCUT2D eigenvalue weighted by atomic mass is 10.0. The van der Waals surface area contributed by atoms with Gasteiger partial charge in [-0.2, -0.15) is 0 Å². The zero-order valence-electron chi connectivity index (χ0n) is 10.5. The number of aliphatic carboxylic acids is 1. The Labute approximate surface area is 98.0 Å². The molecule has 0 saturated carbocycles. The first-order valence-corrected chi connectivity index (χ1v) is 6.25. The fourth-order valence-corrected chi connectivity index (χ4v) is 2.27. The van der Waals surface area contributed by atoms with Crippen LogP contribution in [0.25, 0.3) is 0 Å². The third kappa shape index (κ3) is 4.49. The number of unbranched alkanes of at least 4 members (excludes halogenated alkanes) is 2. The molecule has 1 aliphatic rings. The van der Waals surface area contributed by atoms with Crippen molar-refractivity contribution >= 4 is 5.97 Å². The second-order valence-electron chi connectivity index (χ2n) is 5.04. The summed E-state index contributed by atoms with van der Waals surface area (Å²) in [6.07, 6.45) is 4.84. The van der Waals surface area contributed by atoms with Crippen LogP contribution in [0.2, 0.25) is 0 Å². The number of carboxylic acids is 1. The standard InChI is InChI=1S/C12H24N2O2/c1-3-4-5-7-14-8-6-12(2,10-14)13-9-11(15)16/h13H,3-10H2,1-2H3,(H,15,16)/t12-/m1/s1. The number of carbonyl (C=O) groups is 1. The van der Waals surface area contributed by atoms with Crippen LogP contribution in [-0.4, -0.2) is 47.7 Å². The fraction of sp³-hybridized carbons (Fsp3) is 0.917. The van der Waals surface area contributed by atoms with Crippen molar-refractivity contribution in [1.29, 1.82) is 0 Å². The lowest BCUT2D eigenvalue weighted by Crippen LogP contribution is -2.47. The van der Waals surface area contributed by atoms with Crippen molar-refractivity contribution < 1.29 is 9.90 Å². The van der Waals surface area contributed by atoms with Crippen molar-refractivity contribution in [3.63, 3.8) is 0 Å². The van der Waals surface area contributed by atoms with Crippen molar-refractivity contribution in [1.82, 2.24) is 10.2 Å². The molecule has 0 unspecified atom stereocenters. The Morgan fingerprint density at radius 2 is 2.25 bits per heavy atom. The Bertz CT molecular complexity index is 233. The highest BCUT2D eigenvalue weighted by Gasteiger charge is 2.33. The number of hydrogen-bond donors (Lipinski definition) is 2. The molecule has 0 amide bonds. The van der Waals surface area contributed by atoms with Gasteiger partial charge in [0.05, 0.1) is 6.54 Å². The van der Waals surface area contributed by atoms with Crippen molar-refractivity contribution in [2.24, 2.45) is 0 Å². The first-order chi connectivity index (χ1) is 7.56. The van der Waals surface area contributed by atoms with Crippen LogP contribution in [0.4, 0.5) is 0 Å². The zero-order chi connectivity index (χ0) is 12.0. The molecule has 0 bridgehead atoms. The fourth-order valence-electron chi connectivity index (χ4n) is 2.27. The van der Waals surface area contributed by atoms with E-state index in [1.165, 1.54) is 19.3 Å². The van der Waals surface area contributed by atoms with Crippen molar-refractivity contribution in [2.45, 2.75) is 45.1 Å². The monoisotopic (exact) mass is 228 g/mol. The second kappa shape index (κ2) is 6.21. The molecule has 1 heterocycles. The van der Waals surface area contributed by atoms with E-state index in [-0.39, 0.29) is 12.1 Å². The smallest absolute Gasteiger partial charge is 0.317 e. The van der Waals surface area contributed by atoms with Gasteiger partial charge >= 0.3 is 5.97 Å². The summed E-state index contributed by atoms with van der Waals surface area (Å²) < 4.78 is 0. The summed E-state index contributed by atoms with van der Waals surface area (Å²) in [6, 6.07) is 0. The molecule has 4 heteroatoms. The summed E-state index contributed by atoms with van der Waals surface area (Å²) >= 11 is 0. The van der Waals surface area contributed by atoms with E-state index >= 15 is 0 Å². The number of nitrogens with zero attached hydrogens (tertiary/aromatic N) is 1. The molecule has 16 heavy (non-hydrogen) atoms. The number of likely N-dealkylation sites (tertiary alicyclic amines) is 1. The molecule has 0 aliphatic carbocycles. The van der Waals surface area contributed by atoms with Gasteiger partial charge in [-0.05, 0) is 26.3 Å². The molecule has 0 aromatic carbocycles. The SMILES string of the molecule is CCCCCN1CC[C@@](C)(NCC(=O)O)C1. The first kappa shape index (κ1) is 13.5.